The normalized spacial score (nSPS) is 23.4. The lowest BCUT2D eigenvalue weighted by Gasteiger charge is -2.38. The number of hydrogen-bond acceptors (Lipinski definition) is 3. The molecule has 0 bridgehead atoms. The van der Waals surface area contributed by atoms with Gasteiger partial charge in [-0.3, -0.25) is 9.69 Å². The number of benzene rings is 1. The first-order valence-electron chi connectivity index (χ1n) is 11.3. The number of alkyl halides is 3. The van der Waals surface area contributed by atoms with Crippen molar-refractivity contribution in [2.24, 2.45) is 5.92 Å². The third-order valence-electron chi connectivity index (χ3n) is 6.51. The Morgan fingerprint density at radius 1 is 1.07 bits per heavy atom. The third kappa shape index (κ3) is 6.89. The molecule has 1 saturated heterocycles. The van der Waals surface area contributed by atoms with Gasteiger partial charge in [0.25, 0.3) is 0 Å². The Labute approximate surface area is 177 Å². The first kappa shape index (κ1) is 22.9. The van der Waals surface area contributed by atoms with Crippen LogP contribution in [0.15, 0.2) is 24.3 Å². The molecule has 1 aliphatic heterocycles. The molecular formula is C23H34F3N3O. The van der Waals surface area contributed by atoms with Crippen LogP contribution in [0.3, 0.4) is 0 Å². The van der Waals surface area contributed by atoms with Gasteiger partial charge in [0, 0.05) is 37.9 Å². The molecule has 168 valence electrons. The largest absolute Gasteiger partial charge is 0.397 e. The van der Waals surface area contributed by atoms with Crippen LogP contribution in [-0.2, 0) is 11.2 Å². The molecule has 0 spiro atoms. The summed E-state index contributed by atoms with van der Waals surface area (Å²) in [5.41, 5.74) is 2.77. The molecular weight excluding hydrogens is 391 g/mol. The monoisotopic (exact) mass is 425 g/mol. The number of carbonyl (C=O) groups excluding carboxylic acids is 1. The number of hydrogen-bond donors (Lipinski definition) is 1. The van der Waals surface area contributed by atoms with Gasteiger partial charge in [-0.05, 0) is 62.6 Å². The SMILES string of the molecule is CCc1ccccc1N1CCN(CC[C@H]2CC[C@H](NC(=O)CC(F)(F)F)CC2)CC1. The van der Waals surface area contributed by atoms with Crippen molar-refractivity contribution in [3.8, 4) is 0 Å². The van der Waals surface area contributed by atoms with E-state index in [0.29, 0.717) is 5.92 Å². The van der Waals surface area contributed by atoms with E-state index in [-0.39, 0.29) is 6.04 Å². The van der Waals surface area contributed by atoms with Crippen molar-refractivity contribution >= 4 is 11.6 Å². The van der Waals surface area contributed by atoms with Crippen LogP contribution in [0.5, 0.6) is 0 Å². The Hall–Kier alpha value is -1.76. The topological polar surface area (TPSA) is 35.6 Å². The first-order valence-corrected chi connectivity index (χ1v) is 11.3. The zero-order valence-electron chi connectivity index (χ0n) is 17.9. The second-order valence-electron chi connectivity index (χ2n) is 8.68. The Balaban J connectivity index is 1.33. The van der Waals surface area contributed by atoms with E-state index in [9.17, 15) is 18.0 Å². The molecule has 1 aromatic carbocycles. The zero-order valence-corrected chi connectivity index (χ0v) is 17.9. The van der Waals surface area contributed by atoms with Crippen LogP contribution >= 0.6 is 0 Å². The van der Waals surface area contributed by atoms with Crippen molar-refractivity contribution < 1.29 is 18.0 Å². The molecule has 2 aliphatic rings. The van der Waals surface area contributed by atoms with Gasteiger partial charge in [0.1, 0.15) is 6.42 Å². The molecule has 30 heavy (non-hydrogen) atoms. The van der Waals surface area contributed by atoms with Crippen LogP contribution in [0.4, 0.5) is 18.9 Å². The molecule has 3 rings (SSSR count). The van der Waals surface area contributed by atoms with Crippen LogP contribution in [-0.4, -0.2) is 55.7 Å². The summed E-state index contributed by atoms with van der Waals surface area (Å²) in [5.74, 6) is -0.284. The van der Waals surface area contributed by atoms with Crippen LogP contribution in [0.25, 0.3) is 0 Å². The van der Waals surface area contributed by atoms with Crippen molar-refractivity contribution in [1.82, 2.24) is 10.2 Å². The number of anilines is 1. The van der Waals surface area contributed by atoms with E-state index in [1.807, 2.05) is 0 Å². The number of para-hydroxylation sites is 1. The number of nitrogens with zero attached hydrogens (tertiary/aromatic N) is 2. The molecule has 0 unspecified atom stereocenters. The molecule has 0 atom stereocenters. The van der Waals surface area contributed by atoms with Crippen LogP contribution in [0, 0.1) is 5.92 Å². The summed E-state index contributed by atoms with van der Waals surface area (Å²) in [7, 11) is 0. The predicted molar refractivity (Wildman–Crippen MR) is 114 cm³/mol. The van der Waals surface area contributed by atoms with Crippen molar-refractivity contribution in [2.75, 3.05) is 37.6 Å². The average molecular weight is 426 g/mol. The van der Waals surface area contributed by atoms with Gasteiger partial charge in [-0.15, -0.1) is 0 Å². The Morgan fingerprint density at radius 2 is 1.73 bits per heavy atom. The van der Waals surface area contributed by atoms with Crippen LogP contribution < -0.4 is 10.2 Å². The minimum Gasteiger partial charge on any atom is -0.369 e. The summed E-state index contributed by atoms with van der Waals surface area (Å²) in [6, 6.07) is 8.56. The summed E-state index contributed by atoms with van der Waals surface area (Å²) in [4.78, 5) is 16.5. The van der Waals surface area contributed by atoms with E-state index in [0.717, 1.165) is 71.2 Å². The maximum Gasteiger partial charge on any atom is 0.397 e. The number of piperazine rings is 1. The fourth-order valence-electron chi connectivity index (χ4n) is 4.75. The maximum atomic E-state index is 12.3. The van der Waals surface area contributed by atoms with Gasteiger partial charge in [-0.1, -0.05) is 25.1 Å². The lowest BCUT2D eigenvalue weighted by molar-refractivity contribution is -0.154. The molecule has 1 heterocycles. The fraction of sp³-hybridized carbons (Fsp3) is 0.696. The molecule has 7 heteroatoms. The van der Waals surface area contributed by atoms with Crippen molar-refractivity contribution in [1.29, 1.82) is 0 Å². The molecule has 1 N–H and O–H groups in total. The molecule has 1 aromatic rings. The van der Waals surface area contributed by atoms with Crippen molar-refractivity contribution in [3.05, 3.63) is 29.8 Å². The summed E-state index contributed by atoms with van der Waals surface area (Å²) in [6.45, 7) is 7.52. The zero-order chi connectivity index (χ0) is 21.6. The van der Waals surface area contributed by atoms with Gasteiger partial charge in [0.05, 0.1) is 0 Å². The number of amides is 1. The Morgan fingerprint density at radius 3 is 2.37 bits per heavy atom. The van der Waals surface area contributed by atoms with Crippen LogP contribution in [0.1, 0.15) is 51.0 Å². The van der Waals surface area contributed by atoms with E-state index in [4.69, 9.17) is 0 Å². The number of carbonyl (C=O) groups is 1. The average Bonchev–Trinajstić information content (AvgIpc) is 2.72. The number of nitrogens with one attached hydrogen (secondary N) is 1. The summed E-state index contributed by atoms with van der Waals surface area (Å²) >= 11 is 0. The molecule has 1 amide bonds. The molecule has 0 aromatic heterocycles. The summed E-state index contributed by atoms with van der Waals surface area (Å²) in [5, 5.41) is 2.56. The highest BCUT2D eigenvalue weighted by molar-refractivity contribution is 5.76. The summed E-state index contributed by atoms with van der Waals surface area (Å²) < 4.78 is 36.9. The summed E-state index contributed by atoms with van der Waals surface area (Å²) in [6.07, 6.45) is -0.0661. The second kappa shape index (κ2) is 10.5. The molecule has 1 aliphatic carbocycles. The molecule has 2 fully saturated rings. The second-order valence-corrected chi connectivity index (χ2v) is 8.68. The third-order valence-corrected chi connectivity index (χ3v) is 6.51. The van der Waals surface area contributed by atoms with Gasteiger partial charge in [-0.25, -0.2) is 0 Å². The fourth-order valence-corrected chi connectivity index (χ4v) is 4.75. The maximum absolute atomic E-state index is 12.3. The molecule has 1 saturated carbocycles. The highest BCUT2D eigenvalue weighted by atomic mass is 19.4. The predicted octanol–water partition coefficient (Wildman–Crippen LogP) is 4.39. The van der Waals surface area contributed by atoms with E-state index in [1.54, 1.807) is 0 Å². The van der Waals surface area contributed by atoms with E-state index in [1.165, 1.54) is 11.3 Å². The smallest absolute Gasteiger partial charge is 0.369 e. The van der Waals surface area contributed by atoms with Crippen molar-refractivity contribution in [2.45, 2.75) is 64.1 Å². The van der Waals surface area contributed by atoms with Gasteiger partial charge in [-0.2, -0.15) is 13.2 Å². The quantitative estimate of drug-likeness (QED) is 0.704. The lowest BCUT2D eigenvalue weighted by atomic mass is 9.84. The van der Waals surface area contributed by atoms with Crippen molar-refractivity contribution in [3.63, 3.8) is 0 Å². The first-order chi connectivity index (χ1) is 14.3. The highest BCUT2D eigenvalue weighted by Gasteiger charge is 2.32. The van der Waals surface area contributed by atoms with Gasteiger partial charge >= 0.3 is 6.18 Å². The van der Waals surface area contributed by atoms with E-state index < -0.39 is 18.5 Å². The number of halogens is 3. The van der Waals surface area contributed by atoms with Gasteiger partial charge < -0.3 is 10.2 Å². The van der Waals surface area contributed by atoms with E-state index in [2.05, 4.69) is 46.3 Å². The van der Waals surface area contributed by atoms with Crippen LogP contribution in [0.2, 0.25) is 0 Å². The Bertz CT molecular complexity index is 679. The van der Waals surface area contributed by atoms with Gasteiger partial charge in [0.15, 0.2) is 0 Å². The minimum atomic E-state index is -4.43. The number of rotatable bonds is 7. The number of aryl methyl sites for hydroxylation is 1. The Kier molecular flexibility index (Phi) is 8.03. The minimum absolute atomic E-state index is 0.0988. The standard InChI is InChI=1S/C23H34F3N3O/c1-2-19-5-3-4-6-21(19)29-15-13-28(14-16-29)12-11-18-7-9-20(10-8-18)27-22(30)17-23(24,25)26/h3-6,18,20H,2,7-17H2,1H3,(H,27,30)/t18-,20-. The lowest BCUT2D eigenvalue weighted by Crippen LogP contribution is -2.47. The van der Waals surface area contributed by atoms with E-state index >= 15 is 0 Å². The molecule has 0 radical (unpaired) electrons. The molecule has 4 nitrogen and oxygen atoms in total. The highest BCUT2D eigenvalue weighted by Crippen LogP contribution is 2.28. The van der Waals surface area contributed by atoms with Gasteiger partial charge in [0.2, 0.25) is 5.91 Å².